The Hall–Kier alpha value is -1.84. The van der Waals surface area contributed by atoms with Gasteiger partial charge in [-0.2, -0.15) is 0 Å². The summed E-state index contributed by atoms with van der Waals surface area (Å²) < 4.78 is 1.95. The topological polar surface area (TPSA) is 42.7 Å². The van der Waals surface area contributed by atoms with Gasteiger partial charge in [-0.05, 0) is 43.2 Å². The highest BCUT2D eigenvalue weighted by molar-refractivity contribution is 5.62. The van der Waals surface area contributed by atoms with Crippen LogP contribution < -0.4 is 5.32 Å². The van der Waals surface area contributed by atoms with Crippen molar-refractivity contribution in [1.29, 1.82) is 0 Å². The number of anilines is 1. The molecule has 1 saturated carbocycles. The molecule has 1 aromatic heterocycles. The van der Waals surface area contributed by atoms with Gasteiger partial charge in [0, 0.05) is 24.3 Å². The molecule has 0 spiro atoms. The van der Waals surface area contributed by atoms with Gasteiger partial charge < -0.3 is 9.88 Å². The van der Waals surface area contributed by atoms with Gasteiger partial charge in [0.05, 0.1) is 0 Å². The van der Waals surface area contributed by atoms with Crippen LogP contribution in [0.4, 0.5) is 5.69 Å². The minimum absolute atomic E-state index is 0.580. The van der Waals surface area contributed by atoms with Crippen LogP contribution in [0.15, 0.2) is 30.6 Å². The van der Waals surface area contributed by atoms with Crippen molar-refractivity contribution in [2.24, 2.45) is 18.9 Å². The van der Waals surface area contributed by atoms with Gasteiger partial charge in [-0.3, -0.25) is 0 Å². The predicted octanol–water partition coefficient (Wildman–Crippen LogP) is 3.72. The average Bonchev–Trinajstić information content (AvgIpc) is 2.89. The summed E-state index contributed by atoms with van der Waals surface area (Å²) in [6.07, 6.45) is 5.64. The highest BCUT2D eigenvalue weighted by Crippen LogP contribution is 2.31. The summed E-state index contributed by atoms with van der Waals surface area (Å²) in [6, 6.07) is 9.07. The largest absolute Gasteiger partial charge is 0.382 e. The lowest BCUT2D eigenvalue weighted by atomic mass is 9.80. The molecule has 2 aromatic rings. The van der Waals surface area contributed by atoms with E-state index in [1.54, 1.807) is 6.33 Å². The Morgan fingerprint density at radius 2 is 2.10 bits per heavy atom. The molecule has 1 fully saturated rings. The first-order chi connectivity index (χ1) is 10.1. The molecule has 0 saturated heterocycles. The first-order valence-corrected chi connectivity index (χ1v) is 7.84. The van der Waals surface area contributed by atoms with Crippen LogP contribution >= 0.6 is 0 Å². The summed E-state index contributed by atoms with van der Waals surface area (Å²) in [5, 5.41) is 11.9. The van der Waals surface area contributed by atoms with Crippen LogP contribution in [-0.4, -0.2) is 20.8 Å². The maximum Gasteiger partial charge on any atom is 0.163 e. The average molecular weight is 284 g/mol. The van der Waals surface area contributed by atoms with Gasteiger partial charge in [-0.15, -0.1) is 10.2 Å². The molecule has 3 rings (SSSR count). The summed E-state index contributed by atoms with van der Waals surface area (Å²) in [6.45, 7) is 4.72. The van der Waals surface area contributed by atoms with Crippen molar-refractivity contribution < 1.29 is 0 Å². The van der Waals surface area contributed by atoms with Crippen LogP contribution in [0.25, 0.3) is 11.4 Å². The number of hydrogen-bond acceptors (Lipinski definition) is 3. The molecule has 112 valence electrons. The number of aryl methyl sites for hydroxylation is 1. The van der Waals surface area contributed by atoms with E-state index in [0.29, 0.717) is 6.04 Å². The first kappa shape index (κ1) is 14.1. The zero-order chi connectivity index (χ0) is 14.8. The fourth-order valence-electron chi connectivity index (χ4n) is 3.39. The molecule has 0 bridgehead atoms. The van der Waals surface area contributed by atoms with Crippen molar-refractivity contribution in [2.75, 3.05) is 5.32 Å². The molecule has 3 unspecified atom stereocenters. The van der Waals surface area contributed by atoms with Crippen LogP contribution in [0.3, 0.4) is 0 Å². The molecule has 1 aliphatic rings. The summed E-state index contributed by atoms with van der Waals surface area (Å²) in [5.41, 5.74) is 2.29. The summed E-state index contributed by atoms with van der Waals surface area (Å²) in [4.78, 5) is 0. The van der Waals surface area contributed by atoms with Crippen molar-refractivity contribution in [3.05, 3.63) is 30.6 Å². The van der Waals surface area contributed by atoms with Crippen molar-refractivity contribution in [3.63, 3.8) is 0 Å². The Kier molecular flexibility index (Phi) is 3.95. The second kappa shape index (κ2) is 5.88. The third kappa shape index (κ3) is 3.09. The molecule has 1 aromatic carbocycles. The number of benzene rings is 1. The number of nitrogens with zero attached hydrogens (tertiary/aromatic N) is 3. The van der Waals surface area contributed by atoms with Gasteiger partial charge in [0.2, 0.25) is 0 Å². The minimum atomic E-state index is 0.580. The Morgan fingerprint density at radius 1 is 1.24 bits per heavy atom. The fourth-order valence-corrected chi connectivity index (χ4v) is 3.39. The summed E-state index contributed by atoms with van der Waals surface area (Å²) in [7, 11) is 1.97. The van der Waals surface area contributed by atoms with Crippen LogP contribution in [0.5, 0.6) is 0 Å². The molecule has 1 N–H and O–H groups in total. The van der Waals surface area contributed by atoms with E-state index in [0.717, 1.165) is 23.2 Å². The molecule has 21 heavy (non-hydrogen) atoms. The van der Waals surface area contributed by atoms with Gasteiger partial charge in [0.1, 0.15) is 6.33 Å². The molecular formula is C17H24N4. The smallest absolute Gasteiger partial charge is 0.163 e. The lowest BCUT2D eigenvalue weighted by Gasteiger charge is -2.33. The molecule has 4 nitrogen and oxygen atoms in total. The van der Waals surface area contributed by atoms with Gasteiger partial charge in [-0.25, -0.2) is 0 Å². The maximum atomic E-state index is 4.18. The number of nitrogens with one attached hydrogen (secondary N) is 1. The van der Waals surface area contributed by atoms with Crippen molar-refractivity contribution in [3.8, 4) is 11.4 Å². The first-order valence-electron chi connectivity index (χ1n) is 7.84. The van der Waals surface area contributed by atoms with E-state index in [1.165, 1.54) is 24.9 Å². The second-order valence-corrected chi connectivity index (χ2v) is 6.49. The quantitative estimate of drug-likeness (QED) is 0.934. The van der Waals surface area contributed by atoms with E-state index in [1.807, 2.05) is 11.6 Å². The highest BCUT2D eigenvalue weighted by Gasteiger charge is 2.25. The highest BCUT2D eigenvalue weighted by atomic mass is 15.2. The Bertz CT molecular complexity index is 604. The lowest BCUT2D eigenvalue weighted by Crippen LogP contribution is -2.32. The normalized spacial score (nSPS) is 25.8. The SMILES string of the molecule is CC1CCC(Nc2cccc(-c3nncn3C)c2)C(C)C1. The molecule has 0 amide bonds. The number of aromatic nitrogens is 3. The van der Waals surface area contributed by atoms with Crippen LogP contribution in [0, 0.1) is 11.8 Å². The van der Waals surface area contributed by atoms with Gasteiger partial charge >= 0.3 is 0 Å². The second-order valence-electron chi connectivity index (χ2n) is 6.49. The molecular weight excluding hydrogens is 260 g/mol. The number of hydrogen-bond donors (Lipinski definition) is 1. The zero-order valence-electron chi connectivity index (χ0n) is 13.1. The number of rotatable bonds is 3. The Labute approximate surface area is 126 Å². The van der Waals surface area contributed by atoms with Crippen LogP contribution in [0.2, 0.25) is 0 Å². The molecule has 1 heterocycles. The van der Waals surface area contributed by atoms with Crippen molar-refractivity contribution in [2.45, 2.75) is 39.2 Å². The third-order valence-electron chi connectivity index (χ3n) is 4.62. The Balaban J connectivity index is 1.76. The Morgan fingerprint density at radius 3 is 2.81 bits per heavy atom. The van der Waals surface area contributed by atoms with E-state index in [-0.39, 0.29) is 0 Å². The van der Waals surface area contributed by atoms with Crippen molar-refractivity contribution in [1.82, 2.24) is 14.8 Å². The monoisotopic (exact) mass is 284 g/mol. The van der Waals surface area contributed by atoms with E-state index in [9.17, 15) is 0 Å². The van der Waals surface area contributed by atoms with Gasteiger partial charge in [-0.1, -0.05) is 26.0 Å². The zero-order valence-corrected chi connectivity index (χ0v) is 13.1. The van der Waals surface area contributed by atoms with Gasteiger partial charge in [0.15, 0.2) is 5.82 Å². The van der Waals surface area contributed by atoms with Crippen molar-refractivity contribution >= 4 is 5.69 Å². The van der Waals surface area contributed by atoms with E-state index in [4.69, 9.17) is 0 Å². The lowest BCUT2D eigenvalue weighted by molar-refractivity contribution is 0.276. The maximum absolute atomic E-state index is 4.18. The summed E-state index contributed by atoms with van der Waals surface area (Å²) >= 11 is 0. The molecule has 1 aliphatic carbocycles. The van der Waals surface area contributed by atoms with Crippen LogP contribution in [0.1, 0.15) is 33.1 Å². The van der Waals surface area contributed by atoms with Crippen LogP contribution in [-0.2, 0) is 7.05 Å². The van der Waals surface area contributed by atoms with E-state index < -0.39 is 0 Å². The molecule has 3 atom stereocenters. The standard InChI is InChI=1S/C17H24N4/c1-12-7-8-16(13(2)9-12)19-15-6-4-5-14(10-15)17-20-18-11-21(17)3/h4-6,10-13,16,19H,7-9H2,1-3H3. The summed E-state index contributed by atoms with van der Waals surface area (Å²) in [5.74, 6) is 2.50. The third-order valence-corrected chi connectivity index (χ3v) is 4.62. The predicted molar refractivity (Wildman–Crippen MR) is 86.0 cm³/mol. The molecule has 0 radical (unpaired) electrons. The van der Waals surface area contributed by atoms with E-state index >= 15 is 0 Å². The molecule has 0 aliphatic heterocycles. The van der Waals surface area contributed by atoms with E-state index in [2.05, 4.69) is 53.6 Å². The van der Waals surface area contributed by atoms with Gasteiger partial charge in [0.25, 0.3) is 0 Å². The minimum Gasteiger partial charge on any atom is -0.382 e. The fraction of sp³-hybridized carbons (Fsp3) is 0.529. The molecule has 4 heteroatoms.